The number of likely N-dealkylation sites (tertiary alicyclic amines) is 1. The van der Waals surface area contributed by atoms with E-state index in [1.165, 1.54) is 4.90 Å². The minimum Gasteiger partial charge on any atom is -0.483 e. The zero-order chi connectivity index (χ0) is 17.6. The minimum absolute atomic E-state index is 0.142. The largest absolute Gasteiger partial charge is 0.483 e. The summed E-state index contributed by atoms with van der Waals surface area (Å²) in [5, 5.41) is 13.2. The lowest BCUT2D eigenvalue weighted by molar-refractivity contribution is -0.122. The van der Waals surface area contributed by atoms with Gasteiger partial charge in [-0.2, -0.15) is 5.10 Å². The number of fused-ring (bicyclic) bond motifs is 3. The summed E-state index contributed by atoms with van der Waals surface area (Å²) in [6.07, 6.45) is 0.734. The van der Waals surface area contributed by atoms with E-state index in [9.17, 15) is 9.59 Å². The van der Waals surface area contributed by atoms with E-state index >= 15 is 0 Å². The summed E-state index contributed by atoms with van der Waals surface area (Å²) in [7, 11) is 0. The van der Waals surface area contributed by atoms with E-state index in [-0.39, 0.29) is 11.9 Å². The van der Waals surface area contributed by atoms with Crippen LogP contribution in [0.15, 0.2) is 23.3 Å². The molecule has 0 saturated carbocycles. The number of ether oxygens (including phenoxy) is 1. The number of nitrogens with zero attached hydrogens (tertiary/aromatic N) is 3. The van der Waals surface area contributed by atoms with Gasteiger partial charge in [-0.3, -0.25) is 4.79 Å². The first-order chi connectivity index (χ1) is 12.0. The van der Waals surface area contributed by atoms with Gasteiger partial charge in [-0.25, -0.2) is 10.2 Å². The van der Waals surface area contributed by atoms with Crippen LogP contribution in [0, 0.1) is 0 Å². The van der Waals surface area contributed by atoms with Crippen molar-refractivity contribution < 1.29 is 19.4 Å². The Hall–Kier alpha value is -2.77. The summed E-state index contributed by atoms with van der Waals surface area (Å²) < 4.78 is 5.76. The van der Waals surface area contributed by atoms with Crippen molar-refractivity contribution in [2.45, 2.75) is 31.7 Å². The van der Waals surface area contributed by atoms with Crippen molar-refractivity contribution in [2.75, 3.05) is 24.6 Å². The summed E-state index contributed by atoms with van der Waals surface area (Å²) in [6.45, 7) is 3.26. The van der Waals surface area contributed by atoms with Gasteiger partial charge < -0.3 is 19.6 Å². The Kier molecular flexibility index (Phi) is 3.74. The molecule has 0 radical (unpaired) electrons. The Morgan fingerprint density at radius 2 is 2.12 bits per heavy atom. The van der Waals surface area contributed by atoms with Gasteiger partial charge in [-0.1, -0.05) is 6.07 Å². The van der Waals surface area contributed by atoms with Crippen LogP contribution < -0.4 is 15.1 Å². The van der Waals surface area contributed by atoms with Crippen molar-refractivity contribution in [1.29, 1.82) is 0 Å². The minimum atomic E-state index is -0.855. The maximum absolute atomic E-state index is 12.0. The number of hydrogen-bond donors (Lipinski definition) is 2. The van der Waals surface area contributed by atoms with Crippen molar-refractivity contribution in [3.63, 3.8) is 0 Å². The lowest BCUT2D eigenvalue weighted by Gasteiger charge is -2.38. The fraction of sp³-hybridized carbons (Fsp3) is 0.471. The van der Waals surface area contributed by atoms with Gasteiger partial charge in [-0.05, 0) is 43.4 Å². The average molecular weight is 344 g/mol. The lowest BCUT2D eigenvalue weighted by Crippen LogP contribution is -2.55. The molecule has 3 aliphatic rings. The molecular formula is C17H20N4O4. The molecule has 8 heteroatoms. The number of amidine groups is 1. The topological polar surface area (TPSA) is 94.5 Å². The molecule has 0 aromatic heterocycles. The predicted molar refractivity (Wildman–Crippen MR) is 91.0 cm³/mol. The van der Waals surface area contributed by atoms with Gasteiger partial charge in [0.2, 0.25) is 0 Å². The van der Waals surface area contributed by atoms with Gasteiger partial charge in [0.05, 0.1) is 5.69 Å². The number of piperidine rings is 1. The zero-order valence-corrected chi connectivity index (χ0v) is 13.9. The number of hydrogen-bond acceptors (Lipinski definition) is 5. The highest BCUT2D eigenvalue weighted by Crippen LogP contribution is 2.39. The van der Waals surface area contributed by atoms with Gasteiger partial charge >= 0.3 is 6.09 Å². The summed E-state index contributed by atoms with van der Waals surface area (Å²) in [5.41, 5.74) is 4.52. The van der Waals surface area contributed by atoms with Crippen LogP contribution in [0.4, 0.5) is 10.5 Å². The molecule has 25 heavy (non-hydrogen) atoms. The SMILES string of the molecule is CC1C(=O)NN=C2COc3ccc(C4CCN(C(=O)O)CC4)cc3N21. The van der Waals surface area contributed by atoms with Gasteiger partial charge in [0.1, 0.15) is 18.4 Å². The molecule has 1 atom stereocenters. The third-order valence-corrected chi connectivity index (χ3v) is 5.18. The molecule has 4 rings (SSSR count). The molecule has 1 fully saturated rings. The zero-order valence-electron chi connectivity index (χ0n) is 13.9. The highest BCUT2D eigenvalue weighted by Gasteiger charge is 2.35. The molecule has 0 spiro atoms. The molecule has 1 aromatic carbocycles. The normalized spacial score (nSPS) is 23.2. The van der Waals surface area contributed by atoms with Crippen molar-refractivity contribution in [2.24, 2.45) is 5.10 Å². The molecule has 2 N–H and O–H groups in total. The molecule has 2 amide bonds. The summed E-state index contributed by atoms with van der Waals surface area (Å²) in [6, 6.07) is 5.68. The van der Waals surface area contributed by atoms with Gasteiger partial charge in [0, 0.05) is 13.1 Å². The fourth-order valence-electron chi connectivity index (χ4n) is 3.70. The Labute approximate surface area is 145 Å². The van der Waals surface area contributed by atoms with Crippen LogP contribution in [-0.4, -0.2) is 53.6 Å². The summed E-state index contributed by atoms with van der Waals surface area (Å²) >= 11 is 0. The number of rotatable bonds is 1. The maximum atomic E-state index is 12.0. The standard InChI is InChI=1S/C17H20N4O4/c1-10-16(22)19-18-15-9-25-14-3-2-12(8-13(14)21(10)15)11-4-6-20(7-5-11)17(23)24/h2-3,8,10-11H,4-7,9H2,1H3,(H,19,22)(H,23,24). The average Bonchev–Trinajstić information content (AvgIpc) is 2.64. The third-order valence-electron chi connectivity index (χ3n) is 5.18. The predicted octanol–water partition coefficient (Wildman–Crippen LogP) is 1.57. The Balaban J connectivity index is 1.62. The number of benzene rings is 1. The van der Waals surface area contributed by atoms with Gasteiger partial charge in [-0.15, -0.1) is 0 Å². The van der Waals surface area contributed by atoms with E-state index in [1.807, 2.05) is 24.0 Å². The van der Waals surface area contributed by atoms with E-state index in [1.54, 1.807) is 0 Å². The van der Waals surface area contributed by atoms with Crippen LogP contribution in [0.3, 0.4) is 0 Å². The Morgan fingerprint density at radius 1 is 1.36 bits per heavy atom. The van der Waals surface area contributed by atoms with E-state index in [0.29, 0.717) is 31.4 Å². The summed E-state index contributed by atoms with van der Waals surface area (Å²) in [5.74, 6) is 1.60. The number of carbonyl (C=O) groups is 2. The first kappa shape index (κ1) is 15.7. The van der Waals surface area contributed by atoms with Crippen molar-refractivity contribution in [3.8, 4) is 5.75 Å². The van der Waals surface area contributed by atoms with Crippen LogP contribution in [-0.2, 0) is 4.79 Å². The van der Waals surface area contributed by atoms with Crippen molar-refractivity contribution in [3.05, 3.63) is 23.8 Å². The number of nitrogens with one attached hydrogen (secondary N) is 1. The smallest absolute Gasteiger partial charge is 0.407 e. The van der Waals surface area contributed by atoms with E-state index in [2.05, 4.69) is 16.6 Å². The maximum Gasteiger partial charge on any atom is 0.407 e. The van der Waals surface area contributed by atoms with Crippen LogP contribution in [0.1, 0.15) is 31.2 Å². The second-order valence-corrected chi connectivity index (χ2v) is 6.61. The number of anilines is 1. The molecule has 8 nitrogen and oxygen atoms in total. The Morgan fingerprint density at radius 3 is 2.84 bits per heavy atom. The number of carboxylic acid groups (broad SMARTS) is 1. The molecular weight excluding hydrogens is 324 g/mol. The lowest BCUT2D eigenvalue weighted by atomic mass is 9.89. The molecule has 0 bridgehead atoms. The van der Waals surface area contributed by atoms with Crippen LogP contribution >= 0.6 is 0 Å². The monoisotopic (exact) mass is 344 g/mol. The number of amides is 2. The van der Waals surface area contributed by atoms with Crippen LogP contribution in [0.5, 0.6) is 5.75 Å². The number of hydrazone groups is 1. The molecule has 3 heterocycles. The quantitative estimate of drug-likeness (QED) is 0.806. The van der Waals surface area contributed by atoms with E-state index in [0.717, 1.165) is 29.8 Å². The molecule has 1 saturated heterocycles. The Bertz CT molecular complexity index is 755. The summed E-state index contributed by atoms with van der Waals surface area (Å²) in [4.78, 5) is 26.4. The highest BCUT2D eigenvalue weighted by atomic mass is 16.5. The van der Waals surface area contributed by atoms with Gasteiger partial charge in [0.25, 0.3) is 5.91 Å². The van der Waals surface area contributed by atoms with Crippen LogP contribution in [0.25, 0.3) is 0 Å². The number of carbonyl (C=O) groups excluding carboxylic acids is 1. The highest BCUT2D eigenvalue weighted by molar-refractivity contribution is 6.09. The van der Waals surface area contributed by atoms with Crippen molar-refractivity contribution in [1.82, 2.24) is 10.3 Å². The van der Waals surface area contributed by atoms with E-state index < -0.39 is 6.09 Å². The molecule has 0 aliphatic carbocycles. The fourth-order valence-corrected chi connectivity index (χ4v) is 3.70. The molecule has 1 aromatic rings. The second kappa shape index (κ2) is 5.94. The second-order valence-electron chi connectivity index (χ2n) is 6.61. The van der Waals surface area contributed by atoms with Crippen LogP contribution in [0.2, 0.25) is 0 Å². The van der Waals surface area contributed by atoms with E-state index in [4.69, 9.17) is 9.84 Å². The third kappa shape index (κ3) is 2.67. The molecule has 1 unspecified atom stereocenters. The molecule has 132 valence electrons. The molecule has 3 aliphatic heterocycles. The first-order valence-electron chi connectivity index (χ1n) is 8.45. The van der Waals surface area contributed by atoms with Crippen molar-refractivity contribution >= 4 is 23.5 Å². The first-order valence-corrected chi connectivity index (χ1v) is 8.45. The van der Waals surface area contributed by atoms with Gasteiger partial charge in [0.15, 0.2) is 5.84 Å².